The maximum Gasteiger partial charge on any atom is 0.255 e. The zero-order valence-corrected chi connectivity index (χ0v) is 11.4. The van der Waals surface area contributed by atoms with E-state index in [0.717, 1.165) is 12.2 Å². The van der Waals surface area contributed by atoms with Crippen LogP contribution in [0, 0.1) is 0 Å². The fraction of sp³-hybridized carbons (Fsp3) is 0.267. The first kappa shape index (κ1) is 12.4. The topological polar surface area (TPSA) is 41.1 Å². The average molecular weight is 272 g/mol. The first-order valence-electron chi connectivity index (χ1n) is 6.47. The Balaban J connectivity index is 1.59. The summed E-state index contributed by atoms with van der Waals surface area (Å²) in [7, 11) is 0. The zero-order chi connectivity index (χ0) is 13.1. The molecule has 0 spiro atoms. The van der Waals surface area contributed by atoms with E-state index in [0.29, 0.717) is 11.6 Å². The van der Waals surface area contributed by atoms with E-state index in [1.165, 1.54) is 18.4 Å². The van der Waals surface area contributed by atoms with Gasteiger partial charge < -0.3 is 10.6 Å². The molecule has 2 N–H and O–H groups in total. The quantitative estimate of drug-likeness (QED) is 0.877. The van der Waals surface area contributed by atoms with Crippen molar-refractivity contribution in [3.05, 3.63) is 52.2 Å². The van der Waals surface area contributed by atoms with Crippen LogP contribution in [0.4, 0.5) is 5.69 Å². The number of hydrogen-bond acceptors (Lipinski definition) is 3. The van der Waals surface area contributed by atoms with Crippen LogP contribution >= 0.6 is 11.3 Å². The van der Waals surface area contributed by atoms with Gasteiger partial charge in [0.1, 0.15) is 0 Å². The summed E-state index contributed by atoms with van der Waals surface area (Å²) in [5, 5.41) is 10.2. The number of anilines is 1. The van der Waals surface area contributed by atoms with Gasteiger partial charge in [0, 0.05) is 23.5 Å². The molecule has 4 heteroatoms. The third-order valence-corrected chi connectivity index (χ3v) is 3.85. The highest BCUT2D eigenvalue weighted by molar-refractivity contribution is 7.08. The van der Waals surface area contributed by atoms with Crippen molar-refractivity contribution in [3.8, 4) is 0 Å². The van der Waals surface area contributed by atoms with Crippen LogP contribution in [0.3, 0.4) is 0 Å². The van der Waals surface area contributed by atoms with E-state index in [2.05, 4.69) is 10.6 Å². The maximum atomic E-state index is 12.0. The van der Waals surface area contributed by atoms with E-state index >= 15 is 0 Å². The molecule has 0 aliphatic heterocycles. The fourth-order valence-electron chi connectivity index (χ4n) is 1.86. The molecule has 1 heterocycles. The number of thiophene rings is 1. The van der Waals surface area contributed by atoms with Crippen LogP contribution in [-0.4, -0.2) is 11.9 Å². The molecule has 1 saturated carbocycles. The van der Waals surface area contributed by atoms with Crippen LogP contribution in [0.2, 0.25) is 0 Å². The minimum absolute atomic E-state index is 0.0555. The van der Waals surface area contributed by atoms with Gasteiger partial charge in [0.2, 0.25) is 0 Å². The van der Waals surface area contributed by atoms with Crippen LogP contribution in [0.5, 0.6) is 0 Å². The molecule has 1 aliphatic rings. The second kappa shape index (κ2) is 5.55. The lowest BCUT2D eigenvalue weighted by Gasteiger charge is -2.05. The number of benzene rings is 1. The van der Waals surface area contributed by atoms with Crippen LogP contribution in [-0.2, 0) is 6.54 Å². The normalized spacial score (nSPS) is 14.3. The number of amides is 1. The van der Waals surface area contributed by atoms with E-state index in [4.69, 9.17) is 0 Å². The first-order chi connectivity index (χ1) is 9.31. The lowest BCUT2D eigenvalue weighted by atomic mass is 10.1. The van der Waals surface area contributed by atoms with Crippen LogP contribution in [0.25, 0.3) is 0 Å². The summed E-state index contributed by atoms with van der Waals surface area (Å²) in [6.45, 7) is 0.886. The van der Waals surface area contributed by atoms with Crippen LogP contribution < -0.4 is 10.6 Å². The van der Waals surface area contributed by atoms with E-state index in [-0.39, 0.29) is 5.91 Å². The number of hydrogen-bond donors (Lipinski definition) is 2. The van der Waals surface area contributed by atoms with Gasteiger partial charge in [0.25, 0.3) is 5.91 Å². The third-order valence-electron chi connectivity index (χ3n) is 3.17. The minimum Gasteiger partial charge on any atom is -0.321 e. The van der Waals surface area contributed by atoms with Crippen molar-refractivity contribution in [2.45, 2.75) is 25.4 Å². The molecule has 0 radical (unpaired) electrons. The van der Waals surface area contributed by atoms with Gasteiger partial charge in [-0.05, 0) is 42.0 Å². The molecule has 98 valence electrons. The lowest BCUT2D eigenvalue weighted by Crippen LogP contribution is -2.15. The largest absolute Gasteiger partial charge is 0.321 e. The second-order valence-corrected chi connectivity index (χ2v) is 5.60. The third kappa shape index (κ3) is 3.43. The molecule has 2 aromatic rings. The summed E-state index contributed by atoms with van der Waals surface area (Å²) < 4.78 is 0. The smallest absolute Gasteiger partial charge is 0.255 e. The van der Waals surface area contributed by atoms with Gasteiger partial charge in [-0.2, -0.15) is 11.3 Å². The standard InChI is InChI=1S/C15H16N2OS/c18-15(17-14-7-8-19-10-14)12-3-1-11(2-4-12)9-16-13-5-6-13/h1-4,7-8,10,13,16H,5-6,9H2,(H,17,18). The Bertz CT molecular complexity index is 544. The average Bonchev–Trinajstić information content (AvgIpc) is 3.13. The van der Waals surface area contributed by atoms with Gasteiger partial charge in [-0.25, -0.2) is 0 Å². The molecular weight excluding hydrogens is 256 g/mol. The van der Waals surface area contributed by atoms with Crippen molar-refractivity contribution in [3.63, 3.8) is 0 Å². The predicted molar refractivity (Wildman–Crippen MR) is 78.6 cm³/mol. The van der Waals surface area contributed by atoms with Crippen molar-refractivity contribution in [2.75, 3.05) is 5.32 Å². The Morgan fingerprint density at radius 3 is 2.63 bits per heavy atom. The maximum absolute atomic E-state index is 12.0. The van der Waals surface area contributed by atoms with Crippen LogP contribution in [0.1, 0.15) is 28.8 Å². The second-order valence-electron chi connectivity index (χ2n) is 4.82. The van der Waals surface area contributed by atoms with E-state index in [9.17, 15) is 4.79 Å². The Morgan fingerprint density at radius 1 is 1.21 bits per heavy atom. The Kier molecular flexibility index (Phi) is 3.62. The summed E-state index contributed by atoms with van der Waals surface area (Å²) in [6, 6.07) is 10.4. The summed E-state index contributed by atoms with van der Waals surface area (Å²) in [4.78, 5) is 12.0. The van der Waals surface area contributed by atoms with Gasteiger partial charge in [-0.1, -0.05) is 12.1 Å². The van der Waals surface area contributed by atoms with Gasteiger partial charge in [-0.3, -0.25) is 4.79 Å². The summed E-state index contributed by atoms with van der Waals surface area (Å²) >= 11 is 1.57. The highest BCUT2D eigenvalue weighted by Gasteiger charge is 2.19. The number of rotatable bonds is 5. The highest BCUT2D eigenvalue weighted by atomic mass is 32.1. The Hall–Kier alpha value is -1.65. The molecule has 1 aromatic heterocycles. The van der Waals surface area contributed by atoms with E-state index in [1.54, 1.807) is 11.3 Å². The van der Waals surface area contributed by atoms with Gasteiger partial charge >= 0.3 is 0 Å². The SMILES string of the molecule is O=C(Nc1ccsc1)c1ccc(CNC2CC2)cc1. The molecule has 0 bridgehead atoms. The van der Waals surface area contributed by atoms with E-state index in [1.807, 2.05) is 41.1 Å². The molecule has 0 unspecified atom stereocenters. The molecule has 0 saturated heterocycles. The minimum atomic E-state index is -0.0555. The van der Waals surface area contributed by atoms with Gasteiger partial charge in [-0.15, -0.1) is 0 Å². The summed E-state index contributed by atoms with van der Waals surface area (Å²) in [6.07, 6.45) is 2.59. The summed E-state index contributed by atoms with van der Waals surface area (Å²) in [5.41, 5.74) is 2.77. The number of carbonyl (C=O) groups excluding carboxylic acids is 1. The predicted octanol–water partition coefficient (Wildman–Crippen LogP) is 3.25. The molecule has 3 rings (SSSR count). The Labute approximate surface area is 116 Å². The summed E-state index contributed by atoms with van der Waals surface area (Å²) in [5.74, 6) is -0.0555. The van der Waals surface area contributed by atoms with E-state index < -0.39 is 0 Å². The molecule has 1 amide bonds. The van der Waals surface area contributed by atoms with Gasteiger partial charge in [0.15, 0.2) is 0 Å². The highest BCUT2D eigenvalue weighted by Crippen LogP contribution is 2.19. The van der Waals surface area contributed by atoms with Crippen molar-refractivity contribution >= 4 is 22.9 Å². The molecule has 1 aromatic carbocycles. The zero-order valence-electron chi connectivity index (χ0n) is 10.6. The molecular formula is C15H16N2OS. The lowest BCUT2D eigenvalue weighted by molar-refractivity contribution is 0.102. The number of nitrogens with one attached hydrogen (secondary N) is 2. The van der Waals surface area contributed by atoms with Crippen LogP contribution in [0.15, 0.2) is 41.1 Å². The first-order valence-corrected chi connectivity index (χ1v) is 7.41. The molecule has 3 nitrogen and oxygen atoms in total. The molecule has 0 atom stereocenters. The molecule has 1 aliphatic carbocycles. The van der Waals surface area contributed by atoms with Crippen molar-refractivity contribution in [1.82, 2.24) is 5.32 Å². The van der Waals surface area contributed by atoms with Gasteiger partial charge in [0.05, 0.1) is 5.69 Å². The van der Waals surface area contributed by atoms with Crippen molar-refractivity contribution in [2.24, 2.45) is 0 Å². The monoisotopic (exact) mass is 272 g/mol. The van der Waals surface area contributed by atoms with Crippen molar-refractivity contribution in [1.29, 1.82) is 0 Å². The molecule has 1 fully saturated rings. The molecule has 19 heavy (non-hydrogen) atoms. The van der Waals surface area contributed by atoms with Crippen molar-refractivity contribution < 1.29 is 4.79 Å². The Morgan fingerprint density at radius 2 is 2.00 bits per heavy atom. The fourth-order valence-corrected chi connectivity index (χ4v) is 2.45. The number of carbonyl (C=O) groups is 1.